The molecule has 0 N–H and O–H groups in total. The van der Waals surface area contributed by atoms with Gasteiger partial charge in [-0.05, 0) is 38.2 Å². The summed E-state index contributed by atoms with van der Waals surface area (Å²) in [5.74, 6) is 0.184. The molecule has 2 atom stereocenters. The zero-order chi connectivity index (χ0) is 13.3. The zero-order valence-electron chi connectivity index (χ0n) is 11.0. The minimum absolute atomic E-state index is 0.355. The van der Waals surface area contributed by atoms with Crippen LogP contribution in [0, 0.1) is 23.1 Å². The van der Waals surface area contributed by atoms with Crippen LogP contribution in [0.1, 0.15) is 12.5 Å². The summed E-state index contributed by atoms with van der Waals surface area (Å²) in [5.41, 5.74) is 1.26. The summed E-state index contributed by atoms with van der Waals surface area (Å²) < 4.78 is 13.1. The molecule has 1 aromatic carbocycles. The van der Waals surface area contributed by atoms with Crippen molar-refractivity contribution in [3.05, 3.63) is 29.6 Å². The maximum absolute atomic E-state index is 13.1. The van der Waals surface area contributed by atoms with Crippen LogP contribution in [0.5, 0.6) is 0 Å². The summed E-state index contributed by atoms with van der Waals surface area (Å²) in [5, 5.41) is 9.09. The van der Waals surface area contributed by atoms with E-state index in [1.54, 1.807) is 6.07 Å². The zero-order valence-corrected chi connectivity index (χ0v) is 11.0. The van der Waals surface area contributed by atoms with E-state index in [1.807, 2.05) is 0 Å². The van der Waals surface area contributed by atoms with Crippen molar-refractivity contribution in [1.82, 2.24) is 4.90 Å². The maximum Gasteiger partial charge on any atom is 0.124 e. The lowest BCUT2D eigenvalue weighted by atomic mass is 10.1. The molecule has 1 aromatic rings. The lowest BCUT2D eigenvalue weighted by molar-refractivity contribution is 0.266. The fourth-order valence-electron chi connectivity index (χ4n) is 2.69. The summed E-state index contributed by atoms with van der Waals surface area (Å²) in [6.07, 6.45) is 0. The van der Waals surface area contributed by atoms with Gasteiger partial charge in [0.1, 0.15) is 11.9 Å². The van der Waals surface area contributed by atoms with Gasteiger partial charge in [-0.1, -0.05) is 6.92 Å². The molecule has 1 saturated heterocycles. The number of halogens is 1. The third kappa shape index (κ3) is 2.32. The maximum atomic E-state index is 13.1. The SMILES string of the molecule is CC1CN(c2ccc(F)cc2C#N)CC1N(C)C. The second-order valence-corrected chi connectivity index (χ2v) is 5.19. The minimum atomic E-state index is -0.355. The monoisotopic (exact) mass is 247 g/mol. The molecule has 0 aliphatic carbocycles. The molecule has 3 nitrogen and oxygen atoms in total. The Morgan fingerprint density at radius 1 is 1.39 bits per heavy atom. The van der Waals surface area contributed by atoms with Gasteiger partial charge in [0.05, 0.1) is 11.3 Å². The summed E-state index contributed by atoms with van der Waals surface area (Å²) in [7, 11) is 4.14. The second-order valence-electron chi connectivity index (χ2n) is 5.19. The van der Waals surface area contributed by atoms with Crippen LogP contribution in [0.2, 0.25) is 0 Å². The van der Waals surface area contributed by atoms with Crippen LogP contribution in [-0.4, -0.2) is 38.1 Å². The van der Waals surface area contributed by atoms with Crippen LogP contribution >= 0.6 is 0 Å². The van der Waals surface area contributed by atoms with Crippen LogP contribution in [-0.2, 0) is 0 Å². The molecular formula is C14H18FN3. The van der Waals surface area contributed by atoms with Gasteiger partial charge in [-0.15, -0.1) is 0 Å². The lowest BCUT2D eigenvalue weighted by Crippen LogP contribution is -2.34. The van der Waals surface area contributed by atoms with Crippen molar-refractivity contribution < 1.29 is 4.39 Å². The van der Waals surface area contributed by atoms with Gasteiger partial charge < -0.3 is 9.80 Å². The molecule has 4 heteroatoms. The number of nitrogens with zero attached hydrogens (tertiary/aromatic N) is 3. The fraction of sp³-hybridized carbons (Fsp3) is 0.500. The van der Waals surface area contributed by atoms with Crippen LogP contribution in [0.3, 0.4) is 0 Å². The predicted octanol–water partition coefficient (Wildman–Crippen LogP) is 2.08. The second kappa shape index (κ2) is 4.95. The molecule has 1 heterocycles. The topological polar surface area (TPSA) is 30.3 Å². The molecule has 1 fully saturated rings. The minimum Gasteiger partial charge on any atom is -0.369 e. The molecule has 18 heavy (non-hydrogen) atoms. The summed E-state index contributed by atoms with van der Waals surface area (Å²) >= 11 is 0. The highest BCUT2D eigenvalue weighted by Crippen LogP contribution is 2.28. The number of rotatable bonds is 2. The molecule has 96 valence electrons. The van der Waals surface area contributed by atoms with Gasteiger partial charge in [0.15, 0.2) is 0 Å². The Morgan fingerprint density at radius 2 is 2.11 bits per heavy atom. The number of hydrogen-bond acceptors (Lipinski definition) is 3. The molecule has 0 spiro atoms. The Morgan fingerprint density at radius 3 is 2.67 bits per heavy atom. The normalized spacial score (nSPS) is 23.4. The first kappa shape index (κ1) is 12.8. The Kier molecular flexibility index (Phi) is 3.53. The first-order valence-electron chi connectivity index (χ1n) is 6.14. The molecule has 0 bridgehead atoms. The van der Waals surface area contributed by atoms with Crippen molar-refractivity contribution in [3.63, 3.8) is 0 Å². The van der Waals surface area contributed by atoms with E-state index < -0.39 is 0 Å². The van der Waals surface area contributed by atoms with Gasteiger partial charge in [0.2, 0.25) is 0 Å². The molecule has 0 radical (unpaired) electrons. The molecular weight excluding hydrogens is 229 g/mol. The molecule has 0 saturated carbocycles. The van der Waals surface area contributed by atoms with E-state index in [9.17, 15) is 4.39 Å². The third-order valence-corrected chi connectivity index (χ3v) is 3.66. The Balaban J connectivity index is 2.27. The molecule has 0 aromatic heterocycles. The van der Waals surface area contributed by atoms with E-state index in [1.165, 1.54) is 12.1 Å². The number of likely N-dealkylation sites (N-methyl/N-ethyl adjacent to an activating group) is 1. The predicted molar refractivity (Wildman–Crippen MR) is 70.0 cm³/mol. The smallest absolute Gasteiger partial charge is 0.124 e. The summed E-state index contributed by atoms with van der Waals surface area (Å²) in [4.78, 5) is 4.38. The highest BCUT2D eigenvalue weighted by Gasteiger charge is 2.31. The molecule has 0 amide bonds. The number of benzene rings is 1. The molecule has 1 aliphatic rings. The average molecular weight is 247 g/mol. The Labute approximate surface area is 107 Å². The van der Waals surface area contributed by atoms with Crippen LogP contribution in [0.15, 0.2) is 18.2 Å². The van der Waals surface area contributed by atoms with E-state index >= 15 is 0 Å². The van der Waals surface area contributed by atoms with Gasteiger partial charge in [-0.2, -0.15) is 5.26 Å². The first-order valence-corrected chi connectivity index (χ1v) is 6.14. The van der Waals surface area contributed by atoms with Crippen LogP contribution in [0.25, 0.3) is 0 Å². The number of hydrogen-bond donors (Lipinski definition) is 0. The number of anilines is 1. The Bertz CT molecular complexity index is 478. The first-order chi connectivity index (χ1) is 8.52. The summed E-state index contributed by atoms with van der Waals surface area (Å²) in [6, 6.07) is 6.99. The standard InChI is InChI=1S/C14H18FN3/c1-10-8-18(9-14(10)17(2)3)13-5-4-12(15)6-11(13)7-16/h4-6,10,14H,8-9H2,1-3H3. The highest BCUT2D eigenvalue weighted by atomic mass is 19.1. The van der Waals surface area contributed by atoms with Gasteiger partial charge in [0, 0.05) is 19.1 Å². The molecule has 2 unspecified atom stereocenters. The highest BCUT2D eigenvalue weighted by molar-refractivity contribution is 5.60. The van der Waals surface area contributed by atoms with E-state index in [0.29, 0.717) is 17.5 Å². The van der Waals surface area contributed by atoms with E-state index in [0.717, 1.165) is 18.8 Å². The third-order valence-electron chi connectivity index (χ3n) is 3.66. The molecule has 1 aliphatic heterocycles. The van der Waals surface area contributed by atoms with Crippen molar-refractivity contribution in [2.45, 2.75) is 13.0 Å². The lowest BCUT2D eigenvalue weighted by Gasteiger charge is -2.23. The van der Waals surface area contributed by atoms with Gasteiger partial charge in [0.25, 0.3) is 0 Å². The van der Waals surface area contributed by atoms with Crippen molar-refractivity contribution >= 4 is 5.69 Å². The van der Waals surface area contributed by atoms with E-state index in [4.69, 9.17) is 5.26 Å². The van der Waals surface area contributed by atoms with Gasteiger partial charge in [-0.3, -0.25) is 0 Å². The van der Waals surface area contributed by atoms with Crippen LogP contribution < -0.4 is 4.90 Å². The Hall–Kier alpha value is -1.60. The molecule has 2 rings (SSSR count). The van der Waals surface area contributed by atoms with Gasteiger partial charge in [-0.25, -0.2) is 4.39 Å². The van der Waals surface area contributed by atoms with Crippen LogP contribution in [0.4, 0.5) is 10.1 Å². The van der Waals surface area contributed by atoms with Crippen molar-refractivity contribution in [1.29, 1.82) is 5.26 Å². The van der Waals surface area contributed by atoms with Crippen molar-refractivity contribution in [2.75, 3.05) is 32.1 Å². The van der Waals surface area contributed by atoms with E-state index in [-0.39, 0.29) is 5.82 Å². The fourth-order valence-corrected chi connectivity index (χ4v) is 2.69. The number of nitriles is 1. The van der Waals surface area contributed by atoms with Crippen molar-refractivity contribution in [3.8, 4) is 6.07 Å². The van der Waals surface area contributed by atoms with Gasteiger partial charge >= 0.3 is 0 Å². The van der Waals surface area contributed by atoms with E-state index in [2.05, 4.69) is 36.9 Å². The average Bonchev–Trinajstić information content (AvgIpc) is 2.71. The van der Waals surface area contributed by atoms with Crippen molar-refractivity contribution in [2.24, 2.45) is 5.92 Å². The summed E-state index contributed by atoms with van der Waals surface area (Å²) in [6.45, 7) is 4.00. The quantitative estimate of drug-likeness (QED) is 0.801. The largest absolute Gasteiger partial charge is 0.369 e.